The lowest BCUT2D eigenvalue weighted by Crippen LogP contribution is -2.20. The molecule has 0 fully saturated rings. The predicted octanol–water partition coefficient (Wildman–Crippen LogP) is 0.636. The van der Waals surface area contributed by atoms with Gasteiger partial charge in [-0.25, -0.2) is 16.8 Å². The molecule has 0 rings (SSSR count). The van der Waals surface area contributed by atoms with Crippen molar-refractivity contribution in [2.24, 2.45) is 0 Å². The summed E-state index contributed by atoms with van der Waals surface area (Å²) in [5.41, 5.74) is 0. The zero-order valence-corrected chi connectivity index (χ0v) is 8.21. The summed E-state index contributed by atoms with van der Waals surface area (Å²) in [5, 5.41) is 0. The van der Waals surface area contributed by atoms with Gasteiger partial charge in [0.05, 0.1) is 0 Å². The highest BCUT2D eigenvalue weighted by molar-refractivity contribution is 8.29. The molecule has 8 heteroatoms. The van der Waals surface area contributed by atoms with Crippen LogP contribution in [0, 0.1) is 0 Å². The molecule has 0 heterocycles. The third kappa shape index (κ3) is 3.42. The van der Waals surface area contributed by atoms with Gasteiger partial charge in [0.1, 0.15) is 0 Å². The van der Waals surface area contributed by atoms with E-state index in [1.165, 1.54) is 0 Å². The molecule has 0 radical (unpaired) electrons. The van der Waals surface area contributed by atoms with Gasteiger partial charge in [0.25, 0.3) is 18.1 Å². The van der Waals surface area contributed by atoms with Crippen LogP contribution in [0.1, 0.15) is 0 Å². The Morgan fingerprint density at radius 3 is 1.36 bits per heavy atom. The second kappa shape index (κ2) is 3.30. The highest BCUT2D eigenvalue weighted by atomic mass is 35.7. The van der Waals surface area contributed by atoms with Gasteiger partial charge >= 0.3 is 0 Å². The van der Waals surface area contributed by atoms with Crippen LogP contribution in [0.5, 0.6) is 0 Å². The number of halogens is 2. The molecule has 0 atom stereocenters. The predicted molar refractivity (Wildman–Crippen MR) is 43.5 cm³/mol. The van der Waals surface area contributed by atoms with Crippen molar-refractivity contribution in [2.75, 3.05) is 0 Å². The normalized spacial score (nSPS) is 13.4. The molecule has 0 aliphatic carbocycles. The van der Waals surface area contributed by atoms with E-state index in [1.54, 1.807) is 0 Å². The lowest BCUT2D eigenvalue weighted by Gasteiger charge is -2.01. The minimum Gasteiger partial charge on any atom is -0.210 e. The summed E-state index contributed by atoms with van der Waals surface area (Å²) in [7, 11) is 0.966. The molecule has 4 nitrogen and oxygen atoms in total. The molecule has 0 aliphatic rings. The lowest BCUT2D eigenvalue weighted by molar-refractivity contribution is 0.597. The maximum Gasteiger partial charge on any atom is 0.254 e. The smallest absolute Gasteiger partial charge is 0.210 e. The second-order valence-electron chi connectivity index (χ2n) is 1.56. The summed E-state index contributed by atoms with van der Waals surface area (Å²) in [5.74, 6) is 0. The van der Waals surface area contributed by atoms with E-state index < -0.39 is 22.7 Å². The maximum absolute atomic E-state index is 10.4. The first kappa shape index (κ1) is 11.2. The van der Waals surface area contributed by atoms with Crippen molar-refractivity contribution in [3.8, 4) is 0 Å². The summed E-state index contributed by atoms with van der Waals surface area (Å²) < 4.78 is 39.8. The van der Waals surface area contributed by atoms with E-state index in [0.29, 0.717) is 6.08 Å². The molecular formula is C3H4Cl2O4S2. The molecule has 0 N–H and O–H groups in total. The van der Waals surface area contributed by atoms with Gasteiger partial charge in [-0.05, 0) is 0 Å². The van der Waals surface area contributed by atoms with Gasteiger partial charge in [-0.3, -0.25) is 0 Å². The minimum atomic E-state index is -4.24. The van der Waals surface area contributed by atoms with Gasteiger partial charge in [-0.1, -0.05) is 6.08 Å². The van der Waals surface area contributed by atoms with Crippen LogP contribution in [0.4, 0.5) is 0 Å². The first-order chi connectivity index (χ1) is 4.69. The Hall–Kier alpha value is 0.220. The van der Waals surface area contributed by atoms with Crippen molar-refractivity contribution in [3.05, 3.63) is 12.7 Å². The van der Waals surface area contributed by atoms with Crippen LogP contribution in [-0.4, -0.2) is 21.4 Å². The molecule has 0 aromatic carbocycles. The molecule has 0 aromatic heterocycles. The zero-order chi connectivity index (χ0) is 9.28. The third-order valence-corrected chi connectivity index (χ3v) is 5.55. The Morgan fingerprint density at radius 2 is 1.36 bits per heavy atom. The summed E-state index contributed by atoms with van der Waals surface area (Å²) in [6.45, 7) is 2.97. The summed E-state index contributed by atoms with van der Waals surface area (Å²) in [6, 6.07) is 0. The molecule has 0 aliphatic heterocycles. The van der Waals surface area contributed by atoms with Crippen LogP contribution in [0.3, 0.4) is 0 Å². The van der Waals surface area contributed by atoms with E-state index in [0.717, 1.165) is 0 Å². The average Bonchev–Trinajstić information content (AvgIpc) is 1.56. The maximum atomic E-state index is 10.4. The van der Waals surface area contributed by atoms with Gasteiger partial charge in [0.15, 0.2) is 0 Å². The largest absolute Gasteiger partial charge is 0.254 e. The molecular weight excluding hydrogens is 235 g/mol. The van der Waals surface area contributed by atoms with Crippen LogP contribution in [-0.2, 0) is 18.1 Å². The Bertz CT molecular complexity index is 308. The quantitative estimate of drug-likeness (QED) is 0.535. The summed E-state index contributed by atoms with van der Waals surface area (Å²) in [6.07, 6.45) is 0.644. The van der Waals surface area contributed by atoms with E-state index in [9.17, 15) is 16.8 Å². The van der Waals surface area contributed by atoms with Crippen molar-refractivity contribution < 1.29 is 16.8 Å². The van der Waals surface area contributed by atoms with E-state index in [4.69, 9.17) is 21.4 Å². The molecule has 0 spiro atoms. The number of hydrogen-bond donors (Lipinski definition) is 0. The molecule has 0 bridgehead atoms. The van der Waals surface area contributed by atoms with Crippen molar-refractivity contribution in [1.82, 2.24) is 0 Å². The third-order valence-electron chi connectivity index (χ3n) is 0.747. The van der Waals surface area contributed by atoms with Gasteiger partial charge in [-0.15, -0.1) is 6.58 Å². The average molecular weight is 239 g/mol. The van der Waals surface area contributed by atoms with Crippen LogP contribution in [0.15, 0.2) is 12.7 Å². The topological polar surface area (TPSA) is 68.3 Å². The first-order valence-corrected chi connectivity index (χ1v) is 6.93. The molecule has 11 heavy (non-hydrogen) atoms. The summed E-state index contributed by atoms with van der Waals surface area (Å²) in [4.78, 5) is 0. The van der Waals surface area contributed by atoms with Gasteiger partial charge in [-0.2, -0.15) is 0 Å². The Morgan fingerprint density at radius 1 is 1.09 bits per heavy atom. The fourth-order valence-electron chi connectivity index (χ4n) is 0.367. The second-order valence-corrected chi connectivity index (χ2v) is 7.35. The fraction of sp³-hybridized carbons (Fsp3) is 0.333. The van der Waals surface area contributed by atoms with Crippen molar-refractivity contribution in [2.45, 2.75) is 4.58 Å². The molecule has 0 saturated carbocycles. The Balaban J connectivity index is 5.21. The first-order valence-electron chi connectivity index (χ1n) is 2.19. The van der Waals surface area contributed by atoms with E-state index in [2.05, 4.69) is 6.58 Å². The van der Waals surface area contributed by atoms with E-state index >= 15 is 0 Å². The molecule has 0 saturated heterocycles. The Kier molecular flexibility index (Phi) is 3.37. The SMILES string of the molecule is C=CC(S(=O)(=O)Cl)S(=O)(=O)Cl. The molecule has 66 valence electrons. The van der Waals surface area contributed by atoms with E-state index in [1.807, 2.05) is 0 Å². The van der Waals surface area contributed by atoms with Gasteiger partial charge in [0.2, 0.25) is 4.58 Å². The minimum absolute atomic E-state index is 0.644. The highest BCUT2D eigenvalue weighted by Gasteiger charge is 2.31. The zero-order valence-electron chi connectivity index (χ0n) is 5.07. The monoisotopic (exact) mass is 238 g/mol. The number of rotatable bonds is 3. The molecule has 0 amide bonds. The summed E-state index contributed by atoms with van der Waals surface area (Å²) >= 11 is 0. The van der Waals surface area contributed by atoms with Crippen LogP contribution < -0.4 is 0 Å². The van der Waals surface area contributed by atoms with Crippen LogP contribution in [0.25, 0.3) is 0 Å². The van der Waals surface area contributed by atoms with Crippen molar-refractivity contribution in [1.29, 1.82) is 0 Å². The van der Waals surface area contributed by atoms with Gasteiger partial charge < -0.3 is 0 Å². The standard InChI is InChI=1S/C3H4Cl2O4S2/c1-2-3(10(4,6)7)11(5,8)9/h2-3H,1H2. The van der Waals surface area contributed by atoms with Crippen LogP contribution in [0.2, 0.25) is 0 Å². The van der Waals surface area contributed by atoms with Gasteiger partial charge in [0, 0.05) is 21.4 Å². The van der Waals surface area contributed by atoms with Crippen LogP contribution >= 0.6 is 21.4 Å². The fourth-order valence-corrected chi connectivity index (χ4v) is 4.42. The molecule has 0 unspecified atom stereocenters. The Labute approximate surface area is 73.6 Å². The highest BCUT2D eigenvalue weighted by Crippen LogP contribution is 2.18. The lowest BCUT2D eigenvalue weighted by atomic mass is 10.8. The molecule has 0 aromatic rings. The van der Waals surface area contributed by atoms with Crippen molar-refractivity contribution >= 4 is 39.5 Å². The number of hydrogen-bond acceptors (Lipinski definition) is 4. The van der Waals surface area contributed by atoms with E-state index in [-0.39, 0.29) is 0 Å². The van der Waals surface area contributed by atoms with Crippen molar-refractivity contribution in [3.63, 3.8) is 0 Å².